The highest BCUT2D eigenvalue weighted by molar-refractivity contribution is 9.10. The Labute approximate surface area is 114 Å². The van der Waals surface area contributed by atoms with Gasteiger partial charge in [0.1, 0.15) is 11.6 Å². The van der Waals surface area contributed by atoms with Crippen molar-refractivity contribution in [1.82, 2.24) is 0 Å². The molecule has 1 N–H and O–H groups in total. The number of benzene rings is 1. The van der Waals surface area contributed by atoms with E-state index in [0.29, 0.717) is 6.54 Å². The fourth-order valence-electron chi connectivity index (χ4n) is 1.47. The van der Waals surface area contributed by atoms with Crippen LogP contribution in [0.5, 0.6) is 0 Å². The fraction of sp³-hybridized carbons (Fsp3) is 0.462. The van der Waals surface area contributed by atoms with Crippen LogP contribution < -0.4 is 5.32 Å². The third-order valence-electron chi connectivity index (χ3n) is 2.61. The average Bonchev–Trinajstić information content (AvgIpc) is 2.31. The number of hydrogen-bond acceptors (Lipinski definition) is 2. The minimum Gasteiger partial charge on any atom is -0.383 e. The predicted molar refractivity (Wildman–Crippen MR) is 71.2 cm³/mol. The Kier molecular flexibility index (Phi) is 5.09. The van der Waals surface area contributed by atoms with Gasteiger partial charge in [-0.1, -0.05) is 0 Å². The second-order valence-electron chi connectivity index (χ2n) is 4.77. The summed E-state index contributed by atoms with van der Waals surface area (Å²) in [4.78, 5) is 0. The van der Waals surface area contributed by atoms with Gasteiger partial charge in [0, 0.05) is 12.6 Å². The lowest BCUT2D eigenvalue weighted by molar-refractivity contribution is 0.441. The molecule has 18 heavy (non-hydrogen) atoms. The Bertz CT molecular complexity index is 467. The van der Waals surface area contributed by atoms with Gasteiger partial charge in [0.15, 0.2) is 0 Å². The maximum atomic E-state index is 13.4. The minimum absolute atomic E-state index is 0.226. The lowest BCUT2D eigenvalue weighted by atomic mass is 9.90. The maximum absolute atomic E-state index is 13.4. The molecule has 0 aromatic heterocycles. The van der Waals surface area contributed by atoms with E-state index in [1.807, 2.05) is 13.8 Å². The van der Waals surface area contributed by atoms with Gasteiger partial charge in [-0.15, -0.1) is 0 Å². The number of anilines is 1. The highest BCUT2D eigenvalue weighted by atomic mass is 79.9. The average molecular weight is 317 g/mol. The van der Waals surface area contributed by atoms with E-state index in [1.165, 1.54) is 6.07 Å². The number of rotatable bonds is 5. The molecule has 0 unspecified atom stereocenters. The van der Waals surface area contributed by atoms with Crippen LogP contribution >= 0.6 is 15.9 Å². The smallest absolute Gasteiger partial charge is 0.149 e. The molecule has 0 aliphatic rings. The van der Waals surface area contributed by atoms with E-state index < -0.39 is 11.6 Å². The standard InChI is InChI=1S/C13H15BrF2N2/c1-13(2,8-17)4-3-5-18-12-6-9(14)10(15)7-11(12)16/h6-7,18H,3-5H2,1-2H3. The molecule has 0 saturated heterocycles. The van der Waals surface area contributed by atoms with E-state index >= 15 is 0 Å². The van der Waals surface area contributed by atoms with Gasteiger partial charge in [-0.25, -0.2) is 8.78 Å². The minimum atomic E-state index is -0.622. The molecule has 0 spiro atoms. The molecule has 2 nitrogen and oxygen atoms in total. The number of hydrogen-bond donors (Lipinski definition) is 1. The highest BCUT2D eigenvalue weighted by Gasteiger charge is 2.15. The zero-order chi connectivity index (χ0) is 13.8. The third-order valence-corrected chi connectivity index (χ3v) is 3.21. The Morgan fingerprint density at radius 1 is 1.33 bits per heavy atom. The largest absolute Gasteiger partial charge is 0.383 e. The molecule has 0 heterocycles. The molecule has 1 aromatic rings. The van der Waals surface area contributed by atoms with Crippen molar-refractivity contribution in [2.75, 3.05) is 11.9 Å². The number of halogens is 3. The van der Waals surface area contributed by atoms with Gasteiger partial charge < -0.3 is 5.32 Å². The zero-order valence-electron chi connectivity index (χ0n) is 10.4. The van der Waals surface area contributed by atoms with Gasteiger partial charge in [0.25, 0.3) is 0 Å². The topological polar surface area (TPSA) is 35.8 Å². The van der Waals surface area contributed by atoms with Gasteiger partial charge in [0.05, 0.1) is 21.6 Å². The number of nitrogens with one attached hydrogen (secondary N) is 1. The van der Waals surface area contributed by atoms with Crippen molar-refractivity contribution in [3.63, 3.8) is 0 Å². The Hall–Kier alpha value is -1.15. The molecule has 0 aliphatic heterocycles. The molecule has 0 atom stereocenters. The van der Waals surface area contributed by atoms with Gasteiger partial charge >= 0.3 is 0 Å². The zero-order valence-corrected chi connectivity index (χ0v) is 11.9. The van der Waals surface area contributed by atoms with E-state index in [-0.39, 0.29) is 15.6 Å². The summed E-state index contributed by atoms with van der Waals surface area (Å²) in [5.74, 6) is -1.24. The van der Waals surface area contributed by atoms with Gasteiger partial charge in [-0.3, -0.25) is 0 Å². The molecular formula is C13H15BrF2N2. The van der Waals surface area contributed by atoms with Crippen molar-refractivity contribution in [2.45, 2.75) is 26.7 Å². The third kappa shape index (κ3) is 4.26. The molecule has 0 fully saturated rings. The Morgan fingerprint density at radius 2 is 2.00 bits per heavy atom. The van der Waals surface area contributed by atoms with Crippen molar-refractivity contribution in [3.8, 4) is 6.07 Å². The van der Waals surface area contributed by atoms with Crippen LogP contribution in [-0.2, 0) is 0 Å². The van der Waals surface area contributed by atoms with Gasteiger partial charge in [-0.2, -0.15) is 5.26 Å². The fourth-order valence-corrected chi connectivity index (χ4v) is 1.81. The summed E-state index contributed by atoms with van der Waals surface area (Å²) >= 11 is 3.01. The van der Waals surface area contributed by atoms with Crippen molar-refractivity contribution in [3.05, 3.63) is 28.2 Å². The van der Waals surface area contributed by atoms with Crippen molar-refractivity contribution in [1.29, 1.82) is 5.26 Å². The monoisotopic (exact) mass is 316 g/mol. The quantitative estimate of drug-likeness (QED) is 0.642. The summed E-state index contributed by atoms with van der Waals surface area (Å²) < 4.78 is 26.6. The van der Waals surface area contributed by atoms with Crippen LogP contribution in [0.4, 0.5) is 14.5 Å². The van der Waals surface area contributed by atoms with Crippen LogP contribution in [0, 0.1) is 28.4 Å². The number of nitriles is 1. The van der Waals surface area contributed by atoms with Crippen LogP contribution in [0.25, 0.3) is 0 Å². The van der Waals surface area contributed by atoms with E-state index in [2.05, 4.69) is 27.3 Å². The maximum Gasteiger partial charge on any atom is 0.149 e. The molecule has 98 valence electrons. The molecule has 0 bridgehead atoms. The summed E-state index contributed by atoms with van der Waals surface area (Å²) in [5, 5.41) is 11.7. The van der Waals surface area contributed by atoms with E-state index in [1.54, 1.807) is 0 Å². The molecular weight excluding hydrogens is 302 g/mol. The Balaban J connectivity index is 2.50. The second-order valence-corrected chi connectivity index (χ2v) is 5.63. The highest BCUT2D eigenvalue weighted by Crippen LogP contribution is 2.24. The van der Waals surface area contributed by atoms with Crippen molar-refractivity contribution < 1.29 is 8.78 Å². The first-order chi connectivity index (χ1) is 8.35. The van der Waals surface area contributed by atoms with Gasteiger partial charge in [-0.05, 0) is 48.7 Å². The summed E-state index contributed by atoms with van der Waals surface area (Å²) in [6.45, 7) is 4.27. The van der Waals surface area contributed by atoms with E-state index in [9.17, 15) is 8.78 Å². The van der Waals surface area contributed by atoms with Crippen LogP contribution in [0.2, 0.25) is 0 Å². The van der Waals surface area contributed by atoms with Crippen LogP contribution in [-0.4, -0.2) is 6.54 Å². The van der Waals surface area contributed by atoms with E-state index in [0.717, 1.165) is 18.9 Å². The summed E-state index contributed by atoms with van der Waals surface area (Å²) in [7, 11) is 0. The lowest BCUT2D eigenvalue weighted by Crippen LogP contribution is -2.11. The molecule has 0 amide bonds. The summed E-state index contributed by atoms with van der Waals surface area (Å²) in [6.07, 6.45) is 1.47. The van der Waals surface area contributed by atoms with Crippen LogP contribution in [0.15, 0.2) is 16.6 Å². The number of nitrogens with zero attached hydrogens (tertiary/aromatic N) is 1. The predicted octanol–water partition coefficient (Wildman–Crippen LogP) is 4.47. The Morgan fingerprint density at radius 3 is 2.61 bits per heavy atom. The normalized spacial score (nSPS) is 11.1. The molecule has 1 rings (SSSR count). The van der Waals surface area contributed by atoms with Crippen LogP contribution in [0.1, 0.15) is 26.7 Å². The SMILES string of the molecule is CC(C)(C#N)CCCNc1cc(Br)c(F)cc1F. The molecule has 1 aromatic carbocycles. The summed E-state index contributed by atoms with van der Waals surface area (Å²) in [5.41, 5.74) is -0.109. The first kappa shape index (κ1) is 14.9. The first-order valence-electron chi connectivity index (χ1n) is 5.65. The van der Waals surface area contributed by atoms with Gasteiger partial charge in [0.2, 0.25) is 0 Å². The molecule has 0 saturated carbocycles. The van der Waals surface area contributed by atoms with Crippen molar-refractivity contribution >= 4 is 21.6 Å². The van der Waals surface area contributed by atoms with E-state index in [4.69, 9.17) is 5.26 Å². The van der Waals surface area contributed by atoms with Crippen molar-refractivity contribution in [2.24, 2.45) is 5.41 Å². The first-order valence-corrected chi connectivity index (χ1v) is 6.45. The molecule has 5 heteroatoms. The molecule has 0 aliphatic carbocycles. The summed E-state index contributed by atoms with van der Waals surface area (Å²) in [6, 6.07) is 4.42. The molecule has 0 radical (unpaired) electrons. The lowest BCUT2D eigenvalue weighted by Gasteiger charge is -2.15. The van der Waals surface area contributed by atoms with Crippen LogP contribution in [0.3, 0.4) is 0 Å². The second kappa shape index (κ2) is 6.14.